The summed E-state index contributed by atoms with van der Waals surface area (Å²) >= 11 is 3.46. The lowest BCUT2D eigenvalue weighted by atomic mass is 10.2. The molecule has 7 heteroatoms. The van der Waals surface area contributed by atoms with Gasteiger partial charge in [-0.05, 0) is 18.6 Å². The molecular formula is C13H22N2O2S3. The maximum Gasteiger partial charge on any atom is 0.164 e. The van der Waals surface area contributed by atoms with Crippen molar-refractivity contribution in [2.45, 2.75) is 24.8 Å². The number of rotatable bonds is 5. The highest BCUT2D eigenvalue weighted by atomic mass is 32.2. The first-order valence-electron chi connectivity index (χ1n) is 6.78. The first kappa shape index (κ1) is 16.3. The average molecular weight is 335 g/mol. The Morgan fingerprint density at radius 1 is 1.50 bits per heavy atom. The Kier molecular flexibility index (Phi) is 5.53. The largest absolute Gasteiger partial charge is 0.329 e. The van der Waals surface area contributed by atoms with Gasteiger partial charge in [-0.3, -0.25) is 4.90 Å². The number of hydrogen-bond donors (Lipinski definition) is 1. The van der Waals surface area contributed by atoms with Gasteiger partial charge in [0.25, 0.3) is 0 Å². The Morgan fingerprint density at radius 3 is 2.80 bits per heavy atom. The van der Waals surface area contributed by atoms with Gasteiger partial charge in [0.1, 0.15) is 5.37 Å². The van der Waals surface area contributed by atoms with E-state index in [1.807, 2.05) is 0 Å². The molecule has 4 nitrogen and oxygen atoms in total. The Morgan fingerprint density at radius 2 is 2.25 bits per heavy atom. The molecule has 1 aromatic heterocycles. The Balaban J connectivity index is 2.28. The van der Waals surface area contributed by atoms with Crippen LogP contribution < -0.4 is 5.73 Å². The normalized spacial score (nSPS) is 22.9. The van der Waals surface area contributed by atoms with Crippen molar-refractivity contribution in [2.75, 3.05) is 30.9 Å². The molecule has 0 amide bonds. The lowest BCUT2D eigenvalue weighted by Crippen LogP contribution is -2.50. The number of aryl methyl sites for hydroxylation is 1. The van der Waals surface area contributed by atoms with Crippen LogP contribution in [0.2, 0.25) is 0 Å². The summed E-state index contributed by atoms with van der Waals surface area (Å²) in [4.78, 5) is 4.59. The van der Waals surface area contributed by atoms with Crippen molar-refractivity contribution in [3.8, 4) is 0 Å². The molecule has 0 bridgehead atoms. The minimum atomic E-state index is -3.08. The highest BCUT2D eigenvalue weighted by Crippen LogP contribution is 2.33. The summed E-state index contributed by atoms with van der Waals surface area (Å²) < 4.78 is 24.0. The Hall–Kier alpha value is -0.0800. The van der Waals surface area contributed by atoms with Crippen molar-refractivity contribution in [1.82, 2.24) is 4.90 Å². The van der Waals surface area contributed by atoms with Crippen LogP contribution in [0.3, 0.4) is 0 Å². The predicted molar refractivity (Wildman–Crippen MR) is 88.2 cm³/mol. The summed E-state index contributed by atoms with van der Waals surface area (Å²) in [5.74, 6) is 1.61. The van der Waals surface area contributed by atoms with E-state index in [4.69, 9.17) is 5.73 Å². The van der Waals surface area contributed by atoms with Gasteiger partial charge in [0.05, 0.1) is 6.04 Å². The molecule has 1 aliphatic heterocycles. The van der Waals surface area contributed by atoms with E-state index >= 15 is 0 Å². The minimum Gasteiger partial charge on any atom is -0.329 e. The van der Waals surface area contributed by atoms with Gasteiger partial charge in [-0.15, -0.1) is 11.3 Å². The molecule has 1 fully saturated rings. The Bertz CT molecular complexity index is 542. The lowest BCUT2D eigenvalue weighted by molar-refractivity contribution is 0.200. The van der Waals surface area contributed by atoms with Crippen LogP contribution >= 0.6 is 23.1 Å². The van der Waals surface area contributed by atoms with Crippen LogP contribution in [0.4, 0.5) is 0 Å². The van der Waals surface area contributed by atoms with Gasteiger partial charge in [-0.25, -0.2) is 8.42 Å². The zero-order valence-corrected chi connectivity index (χ0v) is 14.4. The molecule has 2 rings (SSSR count). The smallest absolute Gasteiger partial charge is 0.164 e. The number of thiophene rings is 1. The summed E-state index contributed by atoms with van der Waals surface area (Å²) in [6.45, 7) is 3.37. The van der Waals surface area contributed by atoms with E-state index in [1.54, 1.807) is 23.1 Å². The van der Waals surface area contributed by atoms with Crippen molar-refractivity contribution in [3.63, 3.8) is 0 Å². The third-order valence-electron chi connectivity index (χ3n) is 3.60. The Labute approximate surface area is 129 Å². The fourth-order valence-corrected chi connectivity index (χ4v) is 6.51. The molecular weight excluding hydrogens is 312 g/mol. The molecule has 0 saturated carbocycles. The maximum atomic E-state index is 12.0. The van der Waals surface area contributed by atoms with Crippen molar-refractivity contribution in [2.24, 2.45) is 5.73 Å². The quantitative estimate of drug-likeness (QED) is 0.888. The van der Waals surface area contributed by atoms with Gasteiger partial charge < -0.3 is 5.73 Å². The molecule has 2 heterocycles. The van der Waals surface area contributed by atoms with Gasteiger partial charge in [-0.1, -0.05) is 6.92 Å². The number of sulfone groups is 1. The third kappa shape index (κ3) is 3.57. The van der Waals surface area contributed by atoms with Gasteiger partial charge in [0.2, 0.25) is 0 Å². The van der Waals surface area contributed by atoms with E-state index in [0.29, 0.717) is 12.3 Å². The predicted octanol–water partition coefficient (Wildman–Crippen LogP) is 1.73. The molecule has 2 N–H and O–H groups in total. The molecule has 1 saturated heterocycles. The molecule has 114 valence electrons. The lowest BCUT2D eigenvalue weighted by Gasteiger charge is -2.39. The highest BCUT2D eigenvalue weighted by molar-refractivity contribution is 8.00. The van der Waals surface area contributed by atoms with E-state index < -0.39 is 15.2 Å². The standard InChI is InChI=1S/C13H22N2O2S3/c1-3-10-4-5-12(19-10)11(8-14)15-6-7-18-9-13(15)20(2,16)17/h4-5,11,13H,3,6-9,14H2,1-2H3. The number of thioether (sulfide) groups is 1. The van der Waals surface area contributed by atoms with E-state index in [9.17, 15) is 8.42 Å². The second kappa shape index (κ2) is 6.79. The molecule has 0 aliphatic carbocycles. The van der Waals surface area contributed by atoms with Crippen molar-refractivity contribution < 1.29 is 8.42 Å². The number of nitrogens with zero attached hydrogens (tertiary/aromatic N) is 1. The fourth-order valence-electron chi connectivity index (χ4n) is 2.50. The summed E-state index contributed by atoms with van der Waals surface area (Å²) in [5.41, 5.74) is 5.96. The van der Waals surface area contributed by atoms with Crippen molar-refractivity contribution in [3.05, 3.63) is 21.9 Å². The van der Waals surface area contributed by atoms with Crippen LogP contribution in [0, 0.1) is 0 Å². The maximum absolute atomic E-state index is 12.0. The summed E-state index contributed by atoms with van der Waals surface area (Å²) in [6.07, 6.45) is 2.34. The molecule has 1 aliphatic rings. The van der Waals surface area contributed by atoms with Gasteiger partial charge in [0, 0.05) is 40.6 Å². The average Bonchev–Trinajstić information content (AvgIpc) is 2.88. The van der Waals surface area contributed by atoms with Gasteiger partial charge in [-0.2, -0.15) is 11.8 Å². The number of nitrogens with two attached hydrogens (primary N) is 1. The molecule has 1 aromatic rings. The van der Waals surface area contributed by atoms with Crippen LogP contribution in [-0.2, 0) is 16.3 Å². The minimum absolute atomic E-state index is 0.0147. The monoisotopic (exact) mass is 334 g/mol. The van der Waals surface area contributed by atoms with E-state index in [0.717, 1.165) is 18.7 Å². The van der Waals surface area contributed by atoms with Crippen molar-refractivity contribution in [1.29, 1.82) is 0 Å². The molecule has 20 heavy (non-hydrogen) atoms. The summed E-state index contributed by atoms with van der Waals surface area (Å²) in [5, 5.41) is -0.415. The third-order valence-corrected chi connectivity index (χ3v) is 7.59. The first-order valence-corrected chi connectivity index (χ1v) is 10.7. The van der Waals surface area contributed by atoms with Crippen LogP contribution in [0.25, 0.3) is 0 Å². The van der Waals surface area contributed by atoms with Crippen LogP contribution in [0.5, 0.6) is 0 Å². The van der Waals surface area contributed by atoms with E-state index in [2.05, 4.69) is 24.0 Å². The van der Waals surface area contributed by atoms with Crippen LogP contribution in [-0.4, -0.2) is 49.5 Å². The second-order valence-electron chi connectivity index (χ2n) is 5.01. The topological polar surface area (TPSA) is 63.4 Å². The summed E-state index contributed by atoms with van der Waals surface area (Å²) in [7, 11) is -3.08. The van der Waals surface area contributed by atoms with E-state index in [-0.39, 0.29) is 6.04 Å². The van der Waals surface area contributed by atoms with E-state index in [1.165, 1.54) is 16.0 Å². The van der Waals surface area contributed by atoms with Gasteiger partial charge >= 0.3 is 0 Å². The van der Waals surface area contributed by atoms with Crippen LogP contribution in [0.15, 0.2) is 12.1 Å². The molecule has 0 spiro atoms. The fraction of sp³-hybridized carbons (Fsp3) is 0.692. The van der Waals surface area contributed by atoms with Crippen molar-refractivity contribution >= 4 is 32.9 Å². The van der Waals surface area contributed by atoms with Gasteiger partial charge in [0.15, 0.2) is 9.84 Å². The molecule has 2 unspecified atom stereocenters. The summed E-state index contributed by atoms with van der Waals surface area (Å²) in [6, 6.07) is 4.24. The SMILES string of the molecule is CCc1ccc(C(CN)N2CCSCC2S(C)(=O)=O)s1. The molecule has 0 radical (unpaired) electrons. The molecule has 2 atom stereocenters. The zero-order chi connectivity index (χ0) is 14.8. The first-order chi connectivity index (χ1) is 9.47. The highest BCUT2D eigenvalue weighted by Gasteiger charge is 2.36. The zero-order valence-electron chi connectivity index (χ0n) is 11.9. The van der Waals surface area contributed by atoms with Crippen LogP contribution in [0.1, 0.15) is 22.7 Å². The number of hydrogen-bond acceptors (Lipinski definition) is 6. The second-order valence-corrected chi connectivity index (χ2v) is 9.56. The molecule has 0 aromatic carbocycles.